The molecule has 6 heteroatoms. The van der Waals surface area contributed by atoms with Crippen molar-refractivity contribution in [1.82, 2.24) is 0 Å². The van der Waals surface area contributed by atoms with Gasteiger partial charge in [-0.05, 0) is 27.7 Å². The maximum Gasteiger partial charge on any atom is 0.340 e. The third-order valence-corrected chi connectivity index (χ3v) is 2.65. The number of aliphatic hydroxyl groups excluding tert-OH is 1. The average molecular weight is 248 g/mol. The minimum atomic E-state index is -2.01. The fourth-order valence-electron chi connectivity index (χ4n) is 1.63. The van der Waals surface area contributed by atoms with Crippen LogP contribution in [0.1, 0.15) is 27.7 Å². The van der Waals surface area contributed by atoms with Gasteiger partial charge >= 0.3 is 5.97 Å². The maximum atomic E-state index is 11.5. The SMILES string of the molecule is CCOC(=O)[C@](C)(O)C(O)C1COC(C)(C)O1. The molecule has 6 nitrogen and oxygen atoms in total. The summed E-state index contributed by atoms with van der Waals surface area (Å²) in [4.78, 5) is 11.5. The van der Waals surface area contributed by atoms with Crippen molar-refractivity contribution in [3.8, 4) is 0 Å². The normalized spacial score (nSPS) is 28.5. The molecule has 2 N–H and O–H groups in total. The molecular weight excluding hydrogens is 228 g/mol. The van der Waals surface area contributed by atoms with Gasteiger partial charge in [-0.3, -0.25) is 0 Å². The van der Waals surface area contributed by atoms with Gasteiger partial charge in [0.2, 0.25) is 0 Å². The second kappa shape index (κ2) is 4.89. The largest absolute Gasteiger partial charge is 0.464 e. The number of esters is 1. The van der Waals surface area contributed by atoms with Gasteiger partial charge in [0, 0.05) is 0 Å². The van der Waals surface area contributed by atoms with Gasteiger partial charge in [-0.1, -0.05) is 0 Å². The predicted molar refractivity (Wildman–Crippen MR) is 58.2 cm³/mol. The van der Waals surface area contributed by atoms with Crippen LogP contribution < -0.4 is 0 Å². The Labute approximate surface area is 100 Å². The lowest BCUT2D eigenvalue weighted by molar-refractivity contribution is -0.195. The highest BCUT2D eigenvalue weighted by Crippen LogP contribution is 2.28. The summed E-state index contributed by atoms with van der Waals surface area (Å²) in [6, 6.07) is 0. The fraction of sp³-hybridized carbons (Fsp3) is 0.909. The van der Waals surface area contributed by atoms with Crippen LogP contribution in [0.25, 0.3) is 0 Å². The Morgan fingerprint density at radius 1 is 1.65 bits per heavy atom. The fourth-order valence-corrected chi connectivity index (χ4v) is 1.63. The molecule has 2 unspecified atom stereocenters. The van der Waals surface area contributed by atoms with E-state index in [1.165, 1.54) is 6.92 Å². The van der Waals surface area contributed by atoms with Gasteiger partial charge in [0.25, 0.3) is 0 Å². The molecule has 0 bridgehead atoms. The molecule has 0 saturated carbocycles. The third kappa shape index (κ3) is 3.16. The molecule has 1 fully saturated rings. The second-order valence-corrected chi connectivity index (χ2v) is 4.68. The summed E-state index contributed by atoms with van der Waals surface area (Å²) in [5, 5.41) is 19.9. The first-order chi connectivity index (χ1) is 7.70. The first-order valence-electron chi connectivity index (χ1n) is 5.60. The molecule has 0 spiro atoms. The Kier molecular flexibility index (Phi) is 4.14. The highest BCUT2D eigenvalue weighted by molar-refractivity contribution is 5.79. The van der Waals surface area contributed by atoms with Crippen LogP contribution >= 0.6 is 0 Å². The summed E-state index contributed by atoms with van der Waals surface area (Å²) >= 11 is 0. The van der Waals surface area contributed by atoms with E-state index in [-0.39, 0.29) is 13.2 Å². The zero-order valence-electron chi connectivity index (χ0n) is 10.6. The molecule has 0 aliphatic carbocycles. The molecule has 0 aromatic carbocycles. The van der Waals surface area contributed by atoms with E-state index in [1.807, 2.05) is 0 Å². The van der Waals surface area contributed by atoms with Crippen molar-refractivity contribution < 1.29 is 29.2 Å². The first-order valence-corrected chi connectivity index (χ1v) is 5.60. The number of hydrogen-bond donors (Lipinski definition) is 2. The van der Waals surface area contributed by atoms with Gasteiger partial charge in [-0.2, -0.15) is 0 Å². The van der Waals surface area contributed by atoms with E-state index in [0.29, 0.717) is 0 Å². The van der Waals surface area contributed by atoms with Crippen molar-refractivity contribution in [3.05, 3.63) is 0 Å². The Morgan fingerprint density at radius 3 is 2.65 bits per heavy atom. The average Bonchev–Trinajstić information content (AvgIpc) is 2.58. The molecule has 1 aliphatic heterocycles. The van der Waals surface area contributed by atoms with Crippen LogP contribution in [0, 0.1) is 0 Å². The molecule has 3 atom stereocenters. The van der Waals surface area contributed by atoms with Crippen molar-refractivity contribution in [2.24, 2.45) is 0 Å². The van der Waals surface area contributed by atoms with E-state index < -0.39 is 29.6 Å². The van der Waals surface area contributed by atoms with Gasteiger partial charge in [0.15, 0.2) is 11.4 Å². The van der Waals surface area contributed by atoms with Crippen LogP contribution in [0.5, 0.6) is 0 Å². The van der Waals surface area contributed by atoms with E-state index >= 15 is 0 Å². The number of ether oxygens (including phenoxy) is 3. The molecule has 0 aromatic rings. The molecule has 1 aliphatic rings. The zero-order chi connectivity index (χ0) is 13.3. The minimum Gasteiger partial charge on any atom is -0.464 e. The molecular formula is C11H20O6. The van der Waals surface area contributed by atoms with Crippen molar-refractivity contribution in [2.75, 3.05) is 13.2 Å². The van der Waals surface area contributed by atoms with Crippen LogP contribution in [-0.2, 0) is 19.0 Å². The van der Waals surface area contributed by atoms with Crippen molar-refractivity contribution in [1.29, 1.82) is 0 Å². The Morgan fingerprint density at radius 2 is 2.24 bits per heavy atom. The van der Waals surface area contributed by atoms with Crippen LogP contribution in [0.4, 0.5) is 0 Å². The number of hydrogen-bond acceptors (Lipinski definition) is 6. The number of aliphatic hydroxyl groups is 2. The smallest absolute Gasteiger partial charge is 0.340 e. The second-order valence-electron chi connectivity index (χ2n) is 4.68. The highest BCUT2D eigenvalue weighted by atomic mass is 16.7. The van der Waals surface area contributed by atoms with E-state index in [9.17, 15) is 15.0 Å². The van der Waals surface area contributed by atoms with Gasteiger partial charge in [0.1, 0.15) is 12.2 Å². The van der Waals surface area contributed by atoms with Gasteiger partial charge in [0.05, 0.1) is 13.2 Å². The van der Waals surface area contributed by atoms with Crippen LogP contribution in [-0.4, -0.2) is 53.0 Å². The van der Waals surface area contributed by atoms with Crippen molar-refractivity contribution in [3.63, 3.8) is 0 Å². The Bertz CT molecular complexity index is 286. The molecule has 0 radical (unpaired) electrons. The molecule has 17 heavy (non-hydrogen) atoms. The van der Waals surface area contributed by atoms with Gasteiger partial charge < -0.3 is 24.4 Å². The van der Waals surface area contributed by atoms with E-state index in [2.05, 4.69) is 0 Å². The summed E-state index contributed by atoms with van der Waals surface area (Å²) in [6.07, 6.45) is -2.16. The lowest BCUT2D eigenvalue weighted by atomic mass is 9.95. The van der Waals surface area contributed by atoms with Crippen LogP contribution in [0.15, 0.2) is 0 Å². The monoisotopic (exact) mass is 248 g/mol. The molecule has 1 rings (SSSR count). The van der Waals surface area contributed by atoms with Crippen molar-refractivity contribution in [2.45, 2.75) is 51.3 Å². The summed E-state index contributed by atoms with van der Waals surface area (Å²) in [5.74, 6) is -1.70. The summed E-state index contributed by atoms with van der Waals surface area (Å²) in [5.41, 5.74) is -2.01. The highest BCUT2D eigenvalue weighted by Gasteiger charge is 2.48. The van der Waals surface area contributed by atoms with Gasteiger partial charge in [-0.25, -0.2) is 4.79 Å². The van der Waals surface area contributed by atoms with E-state index in [4.69, 9.17) is 14.2 Å². The summed E-state index contributed by atoms with van der Waals surface area (Å²) in [6.45, 7) is 6.46. The number of rotatable bonds is 4. The lowest BCUT2D eigenvalue weighted by Gasteiger charge is -2.30. The Hall–Kier alpha value is -0.690. The van der Waals surface area contributed by atoms with Gasteiger partial charge in [-0.15, -0.1) is 0 Å². The third-order valence-electron chi connectivity index (χ3n) is 2.65. The van der Waals surface area contributed by atoms with E-state index in [1.54, 1.807) is 20.8 Å². The molecule has 1 heterocycles. The molecule has 1 saturated heterocycles. The van der Waals surface area contributed by atoms with Crippen LogP contribution in [0.2, 0.25) is 0 Å². The first kappa shape index (κ1) is 14.4. The molecule has 0 amide bonds. The number of carbonyl (C=O) groups excluding carboxylic acids is 1. The maximum absolute atomic E-state index is 11.5. The molecule has 100 valence electrons. The topological polar surface area (TPSA) is 85.2 Å². The summed E-state index contributed by atoms with van der Waals surface area (Å²) < 4.78 is 15.3. The Balaban J connectivity index is 2.69. The zero-order valence-corrected chi connectivity index (χ0v) is 10.6. The summed E-state index contributed by atoms with van der Waals surface area (Å²) in [7, 11) is 0. The van der Waals surface area contributed by atoms with Crippen LogP contribution in [0.3, 0.4) is 0 Å². The quantitative estimate of drug-likeness (QED) is 0.671. The van der Waals surface area contributed by atoms with Crippen molar-refractivity contribution >= 4 is 5.97 Å². The standard InChI is InChI=1S/C11H20O6/c1-5-15-9(13)11(4,14)8(12)7-6-16-10(2,3)17-7/h7-8,12,14H,5-6H2,1-4H3/t7?,8?,11-/m1/s1. The van der Waals surface area contributed by atoms with E-state index in [0.717, 1.165) is 0 Å². The molecule has 0 aromatic heterocycles. The minimum absolute atomic E-state index is 0.115. The number of carbonyl (C=O) groups is 1. The predicted octanol–water partition coefficient (Wildman–Crippen LogP) is -0.187. The lowest BCUT2D eigenvalue weighted by Crippen LogP contribution is -2.54.